The number of ether oxygens (including phenoxy) is 2. The van der Waals surface area contributed by atoms with E-state index in [4.69, 9.17) is 13.9 Å². The SMILES string of the molecule is Cc1ccc([C@@H](C)NC(=O)c2ccc(OC[C@@H]3CCCO3)cc2)o1. The first-order valence-corrected chi connectivity index (χ1v) is 8.33. The van der Waals surface area contributed by atoms with E-state index in [0.29, 0.717) is 12.2 Å². The molecule has 1 saturated heterocycles. The molecule has 0 saturated carbocycles. The van der Waals surface area contributed by atoms with Crippen LogP contribution in [0.1, 0.15) is 47.7 Å². The molecule has 1 amide bonds. The molecule has 128 valence electrons. The molecule has 0 radical (unpaired) electrons. The van der Waals surface area contributed by atoms with Crippen molar-refractivity contribution in [3.8, 4) is 5.75 Å². The van der Waals surface area contributed by atoms with Crippen LogP contribution in [-0.4, -0.2) is 25.2 Å². The summed E-state index contributed by atoms with van der Waals surface area (Å²) in [6.45, 7) is 5.16. The molecular formula is C19H23NO4. The van der Waals surface area contributed by atoms with Gasteiger partial charge in [0, 0.05) is 12.2 Å². The Kier molecular flexibility index (Phi) is 5.20. The monoisotopic (exact) mass is 329 g/mol. The zero-order chi connectivity index (χ0) is 16.9. The van der Waals surface area contributed by atoms with Gasteiger partial charge in [-0.05, 0) is 63.1 Å². The minimum absolute atomic E-state index is 0.137. The quantitative estimate of drug-likeness (QED) is 0.879. The largest absolute Gasteiger partial charge is 0.491 e. The van der Waals surface area contributed by atoms with E-state index in [1.807, 2.05) is 38.1 Å². The number of amides is 1. The summed E-state index contributed by atoms with van der Waals surface area (Å²) in [5.41, 5.74) is 0.592. The van der Waals surface area contributed by atoms with Crippen molar-refractivity contribution in [2.45, 2.75) is 38.8 Å². The fourth-order valence-corrected chi connectivity index (χ4v) is 2.70. The second-order valence-corrected chi connectivity index (χ2v) is 6.11. The number of carbonyl (C=O) groups excluding carboxylic acids is 1. The maximum atomic E-state index is 12.3. The van der Waals surface area contributed by atoms with Crippen LogP contribution in [0.3, 0.4) is 0 Å². The summed E-state index contributed by atoms with van der Waals surface area (Å²) < 4.78 is 16.8. The van der Waals surface area contributed by atoms with Gasteiger partial charge in [0.05, 0.1) is 12.1 Å². The highest BCUT2D eigenvalue weighted by atomic mass is 16.5. The topological polar surface area (TPSA) is 60.7 Å². The lowest BCUT2D eigenvalue weighted by Crippen LogP contribution is -2.26. The van der Waals surface area contributed by atoms with Gasteiger partial charge < -0.3 is 19.2 Å². The highest BCUT2D eigenvalue weighted by Crippen LogP contribution is 2.18. The summed E-state index contributed by atoms with van der Waals surface area (Å²) in [7, 11) is 0. The Morgan fingerprint density at radius 2 is 2.08 bits per heavy atom. The smallest absolute Gasteiger partial charge is 0.251 e. The van der Waals surface area contributed by atoms with E-state index in [1.54, 1.807) is 12.1 Å². The third-order valence-corrected chi connectivity index (χ3v) is 4.11. The van der Waals surface area contributed by atoms with Crippen molar-refractivity contribution in [2.75, 3.05) is 13.2 Å². The van der Waals surface area contributed by atoms with Crippen LogP contribution in [0.15, 0.2) is 40.8 Å². The summed E-state index contributed by atoms with van der Waals surface area (Å²) in [5.74, 6) is 2.19. The highest BCUT2D eigenvalue weighted by Gasteiger charge is 2.17. The van der Waals surface area contributed by atoms with Gasteiger partial charge in [-0.25, -0.2) is 0 Å². The molecule has 5 heteroatoms. The van der Waals surface area contributed by atoms with E-state index in [0.717, 1.165) is 36.7 Å². The fraction of sp³-hybridized carbons (Fsp3) is 0.421. The zero-order valence-electron chi connectivity index (χ0n) is 14.1. The molecule has 0 aliphatic carbocycles. The van der Waals surface area contributed by atoms with Crippen LogP contribution < -0.4 is 10.1 Å². The third-order valence-electron chi connectivity index (χ3n) is 4.11. The Bertz CT molecular complexity index is 671. The average molecular weight is 329 g/mol. The van der Waals surface area contributed by atoms with Gasteiger partial charge >= 0.3 is 0 Å². The predicted molar refractivity (Wildman–Crippen MR) is 90.2 cm³/mol. The van der Waals surface area contributed by atoms with Crippen LogP contribution in [0.25, 0.3) is 0 Å². The second kappa shape index (κ2) is 7.53. The Hall–Kier alpha value is -2.27. The summed E-state index contributed by atoms with van der Waals surface area (Å²) >= 11 is 0. The maximum absolute atomic E-state index is 12.3. The number of aryl methyl sites for hydroxylation is 1. The normalized spacial score (nSPS) is 18.3. The fourth-order valence-electron chi connectivity index (χ4n) is 2.70. The second-order valence-electron chi connectivity index (χ2n) is 6.11. The van der Waals surface area contributed by atoms with Crippen molar-refractivity contribution in [3.05, 3.63) is 53.5 Å². The highest BCUT2D eigenvalue weighted by molar-refractivity contribution is 5.94. The number of rotatable bonds is 6. The number of carbonyl (C=O) groups is 1. The predicted octanol–water partition coefficient (Wildman–Crippen LogP) is 3.64. The molecule has 1 aromatic carbocycles. The van der Waals surface area contributed by atoms with Gasteiger partial charge in [0.2, 0.25) is 0 Å². The van der Waals surface area contributed by atoms with Gasteiger partial charge in [-0.1, -0.05) is 0 Å². The first kappa shape index (κ1) is 16.6. The van der Waals surface area contributed by atoms with Crippen molar-refractivity contribution in [2.24, 2.45) is 0 Å². The minimum Gasteiger partial charge on any atom is -0.491 e. The third kappa shape index (κ3) is 4.17. The molecule has 2 aromatic rings. The van der Waals surface area contributed by atoms with Gasteiger partial charge in [-0.2, -0.15) is 0 Å². The van der Waals surface area contributed by atoms with E-state index < -0.39 is 0 Å². The average Bonchev–Trinajstić information content (AvgIpc) is 3.25. The van der Waals surface area contributed by atoms with Crippen molar-refractivity contribution in [1.29, 1.82) is 0 Å². The Morgan fingerprint density at radius 1 is 1.29 bits per heavy atom. The molecule has 1 N–H and O–H groups in total. The molecule has 2 heterocycles. The van der Waals surface area contributed by atoms with Gasteiger partial charge in [0.25, 0.3) is 5.91 Å². The van der Waals surface area contributed by atoms with Crippen molar-refractivity contribution in [3.63, 3.8) is 0 Å². The number of hydrogen-bond donors (Lipinski definition) is 1. The lowest BCUT2D eigenvalue weighted by molar-refractivity contribution is 0.0679. The molecule has 0 bridgehead atoms. The Labute approximate surface area is 141 Å². The minimum atomic E-state index is -0.179. The molecule has 2 atom stereocenters. The Balaban J connectivity index is 1.53. The van der Waals surface area contributed by atoms with Gasteiger partial charge in [0.1, 0.15) is 23.9 Å². The van der Waals surface area contributed by atoms with Crippen LogP contribution in [0.4, 0.5) is 0 Å². The van der Waals surface area contributed by atoms with Crippen LogP contribution in [0.5, 0.6) is 5.75 Å². The summed E-state index contributed by atoms with van der Waals surface area (Å²) in [5, 5.41) is 2.93. The molecule has 1 aliphatic heterocycles. The van der Waals surface area contributed by atoms with Crippen LogP contribution in [-0.2, 0) is 4.74 Å². The summed E-state index contributed by atoms with van der Waals surface area (Å²) in [6.07, 6.45) is 2.33. The summed E-state index contributed by atoms with van der Waals surface area (Å²) in [4.78, 5) is 12.3. The maximum Gasteiger partial charge on any atom is 0.251 e. The lowest BCUT2D eigenvalue weighted by atomic mass is 10.1. The van der Waals surface area contributed by atoms with Gasteiger partial charge in [0.15, 0.2) is 0 Å². The molecule has 1 aromatic heterocycles. The molecule has 1 aliphatic rings. The standard InChI is InChI=1S/C19H23NO4/c1-13-5-10-18(24-13)14(2)20-19(21)15-6-8-16(9-7-15)23-12-17-4-3-11-22-17/h5-10,14,17H,3-4,11-12H2,1-2H3,(H,20,21)/t14-,17+/m1/s1. The van der Waals surface area contributed by atoms with E-state index in [9.17, 15) is 4.79 Å². The molecule has 1 fully saturated rings. The summed E-state index contributed by atoms with van der Waals surface area (Å²) in [6, 6.07) is 10.7. The van der Waals surface area contributed by atoms with Gasteiger partial charge in [-0.3, -0.25) is 4.79 Å². The van der Waals surface area contributed by atoms with Crippen molar-refractivity contribution in [1.82, 2.24) is 5.32 Å². The number of benzene rings is 1. The molecule has 0 spiro atoms. The van der Waals surface area contributed by atoms with Crippen molar-refractivity contribution < 1.29 is 18.7 Å². The molecule has 3 rings (SSSR count). The Morgan fingerprint density at radius 3 is 2.71 bits per heavy atom. The molecule has 0 unspecified atom stereocenters. The van der Waals surface area contributed by atoms with Crippen LogP contribution >= 0.6 is 0 Å². The molecule has 24 heavy (non-hydrogen) atoms. The van der Waals surface area contributed by atoms with Crippen LogP contribution in [0, 0.1) is 6.92 Å². The van der Waals surface area contributed by atoms with Crippen molar-refractivity contribution >= 4 is 5.91 Å². The van der Waals surface area contributed by atoms with E-state index in [1.165, 1.54) is 0 Å². The number of hydrogen-bond acceptors (Lipinski definition) is 4. The number of nitrogens with one attached hydrogen (secondary N) is 1. The van der Waals surface area contributed by atoms with Crippen LogP contribution in [0.2, 0.25) is 0 Å². The molecule has 5 nitrogen and oxygen atoms in total. The first-order valence-electron chi connectivity index (χ1n) is 8.33. The van der Waals surface area contributed by atoms with E-state index in [2.05, 4.69) is 5.32 Å². The van der Waals surface area contributed by atoms with Gasteiger partial charge in [-0.15, -0.1) is 0 Å². The van der Waals surface area contributed by atoms with E-state index in [-0.39, 0.29) is 18.1 Å². The lowest BCUT2D eigenvalue weighted by Gasteiger charge is -2.13. The molecular weight excluding hydrogens is 306 g/mol. The van der Waals surface area contributed by atoms with E-state index >= 15 is 0 Å². The number of furan rings is 1. The zero-order valence-corrected chi connectivity index (χ0v) is 14.1. The first-order chi connectivity index (χ1) is 11.6.